The van der Waals surface area contributed by atoms with Gasteiger partial charge in [0.15, 0.2) is 6.10 Å². The highest BCUT2D eigenvalue weighted by atomic mass is 16.5. The monoisotopic (exact) mass is 385 g/mol. The first kappa shape index (κ1) is 18.5. The number of hydrogen-bond acceptors (Lipinski definition) is 4. The number of rotatable bonds is 6. The van der Waals surface area contributed by atoms with Gasteiger partial charge in [-0.3, -0.25) is 4.79 Å². The first-order chi connectivity index (χ1) is 14.2. The summed E-state index contributed by atoms with van der Waals surface area (Å²) in [6, 6.07) is 23.2. The standard InChI is InChI=1S/C24H19NO4/c1-28-18-11-7-10-17(14-18)24(27)29-23(16-8-3-2-4-9-16)22(26)20-15-25-21-13-6-5-12-19(20)21/h2-15,23,25H,1H3. The van der Waals surface area contributed by atoms with Gasteiger partial charge < -0.3 is 14.5 Å². The summed E-state index contributed by atoms with van der Waals surface area (Å²) >= 11 is 0. The maximum atomic E-state index is 13.4. The lowest BCUT2D eigenvalue weighted by atomic mass is 9.99. The molecule has 4 rings (SSSR count). The van der Waals surface area contributed by atoms with Crippen LogP contribution < -0.4 is 4.74 Å². The molecule has 0 aliphatic heterocycles. The third kappa shape index (κ3) is 3.75. The minimum absolute atomic E-state index is 0.287. The third-order valence-corrected chi connectivity index (χ3v) is 4.73. The topological polar surface area (TPSA) is 68.4 Å². The summed E-state index contributed by atoms with van der Waals surface area (Å²) < 4.78 is 10.9. The first-order valence-electron chi connectivity index (χ1n) is 9.17. The van der Waals surface area contributed by atoms with Gasteiger partial charge in [-0.2, -0.15) is 0 Å². The molecule has 1 heterocycles. The van der Waals surface area contributed by atoms with E-state index in [9.17, 15) is 9.59 Å². The molecule has 5 heteroatoms. The Hall–Kier alpha value is -3.86. The zero-order valence-corrected chi connectivity index (χ0v) is 15.8. The Morgan fingerprint density at radius 1 is 0.897 bits per heavy atom. The first-order valence-corrected chi connectivity index (χ1v) is 9.17. The quantitative estimate of drug-likeness (QED) is 0.376. The van der Waals surface area contributed by atoms with Crippen molar-refractivity contribution in [1.29, 1.82) is 0 Å². The fraction of sp³-hybridized carbons (Fsp3) is 0.0833. The van der Waals surface area contributed by atoms with Crippen LogP contribution in [0.2, 0.25) is 0 Å². The predicted octanol–water partition coefficient (Wildman–Crippen LogP) is 4.96. The average molecular weight is 385 g/mol. The van der Waals surface area contributed by atoms with Gasteiger partial charge in [0.2, 0.25) is 5.78 Å². The van der Waals surface area contributed by atoms with Crippen molar-refractivity contribution in [2.24, 2.45) is 0 Å². The van der Waals surface area contributed by atoms with Crippen molar-refractivity contribution in [3.8, 4) is 5.75 Å². The van der Waals surface area contributed by atoms with E-state index in [-0.39, 0.29) is 5.78 Å². The lowest BCUT2D eigenvalue weighted by Gasteiger charge is -2.17. The number of esters is 1. The van der Waals surface area contributed by atoms with Crippen LogP contribution in [-0.4, -0.2) is 23.8 Å². The van der Waals surface area contributed by atoms with Gasteiger partial charge in [-0.1, -0.05) is 54.6 Å². The normalized spacial score (nSPS) is 11.8. The zero-order valence-electron chi connectivity index (χ0n) is 15.8. The number of para-hydroxylation sites is 1. The Kier molecular flexibility index (Phi) is 5.12. The van der Waals surface area contributed by atoms with Crippen molar-refractivity contribution in [1.82, 2.24) is 4.98 Å². The summed E-state index contributed by atoms with van der Waals surface area (Å²) in [7, 11) is 1.53. The van der Waals surface area contributed by atoms with Gasteiger partial charge in [-0.25, -0.2) is 4.79 Å². The third-order valence-electron chi connectivity index (χ3n) is 4.73. The van der Waals surface area contributed by atoms with E-state index >= 15 is 0 Å². The summed E-state index contributed by atoms with van der Waals surface area (Å²) in [4.78, 5) is 29.3. The van der Waals surface area contributed by atoms with Gasteiger partial charge in [-0.15, -0.1) is 0 Å². The number of carbonyl (C=O) groups excluding carboxylic acids is 2. The highest BCUT2D eigenvalue weighted by Crippen LogP contribution is 2.28. The van der Waals surface area contributed by atoms with Crippen LogP contribution in [0.25, 0.3) is 10.9 Å². The Morgan fingerprint density at radius 2 is 1.66 bits per heavy atom. The molecule has 1 unspecified atom stereocenters. The lowest BCUT2D eigenvalue weighted by molar-refractivity contribution is 0.0280. The molecule has 0 spiro atoms. The van der Waals surface area contributed by atoms with Crippen molar-refractivity contribution in [2.75, 3.05) is 7.11 Å². The fourth-order valence-electron chi connectivity index (χ4n) is 3.24. The number of nitrogens with one attached hydrogen (secondary N) is 1. The van der Waals surface area contributed by atoms with Crippen LogP contribution in [0.4, 0.5) is 0 Å². The molecule has 0 aliphatic carbocycles. The van der Waals surface area contributed by atoms with Crippen molar-refractivity contribution in [2.45, 2.75) is 6.10 Å². The maximum absolute atomic E-state index is 13.4. The highest BCUT2D eigenvalue weighted by Gasteiger charge is 2.28. The Bertz CT molecular complexity index is 1160. The van der Waals surface area contributed by atoms with Gasteiger partial charge in [0.25, 0.3) is 0 Å². The smallest absolute Gasteiger partial charge is 0.339 e. The van der Waals surface area contributed by atoms with Gasteiger partial charge in [0.1, 0.15) is 5.75 Å². The number of ether oxygens (including phenoxy) is 2. The Labute approximate surface area is 167 Å². The largest absolute Gasteiger partial charge is 0.497 e. The molecule has 0 amide bonds. The fourth-order valence-corrected chi connectivity index (χ4v) is 3.24. The van der Waals surface area contributed by atoms with Crippen LogP contribution in [0.1, 0.15) is 32.4 Å². The molecule has 0 saturated heterocycles. The molecule has 1 aromatic heterocycles. The summed E-state index contributed by atoms with van der Waals surface area (Å²) in [6.45, 7) is 0. The lowest BCUT2D eigenvalue weighted by Crippen LogP contribution is -2.20. The van der Waals surface area contributed by atoms with E-state index in [1.807, 2.05) is 42.5 Å². The van der Waals surface area contributed by atoms with E-state index in [1.54, 1.807) is 42.6 Å². The summed E-state index contributed by atoms with van der Waals surface area (Å²) in [5, 5.41) is 0.788. The number of aromatic nitrogens is 1. The second kappa shape index (κ2) is 8.02. The molecule has 1 N–H and O–H groups in total. The number of hydrogen-bond donors (Lipinski definition) is 1. The van der Waals surface area contributed by atoms with Crippen LogP contribution in [0.15, 0.2) is 85.1 Å². The van der Waals surface area contributed by atoms with Crippen LogP contribution in [0, 0.1) is 0 Å². The number of aromatic amines is 1. The molecule has 1 atom stereocenters. The summed E-state index contributed by atoms with van der Waals surface area (Å²) in [6.07, 6.45) is 0.594. The van der Waals surface area contributed by atoms with Gasteiger partial charge in [0, 0.05) is 28.2 Å². The molecule has 3 aromatic carbocycles. The van der Waals surface area contributed by atoms with E-state index in [1.165, 1.54) is 7.11 Å². The van der Waals surface area contributed by atoms with Crippen LogP contribution in [-0.2, 0) is 4.74 Å². The van der Waals surface area contributed by atoms with E-state index in [0.29, 0.717) is 22.4 Å². The van der Waals surface area contributed by atoms with Gasteiger partial charge >= 0.3 is 5.97 Å². The minimum Gasteiger partial charge on any atom is -0.497 e. The average Bonchev–Trinajstić information content (AvgIpc) is 3.21. The minimum atomic E-state index is -1.06. The molecule has 29 heavy (non-hydrogen) atoms. The molecule has 0 aliphatic rings. The molecular weight excluding hydrogens is 366 g/mol. The number of carbonyl (C=O) groups is 2. The maximum Gasteiger partial charge on any atom is 0.339 e. The number of H-pyrrole nitrogens is 1. The number of fused-ring (bicyclic) bond motifs is 1. The molecule has 0 fully saturated rings. The zero-order chi connectivity index (χ0) is 20.2. The van der Waals surface area contributed by atoms with E-state index < -0.39 is 12.1 Å². The Morgan fingerprint density at radius 3 is 2.45 bits per heavy atom. The molecule has 0 radical (unpaired) electrons. The molecular formula is C24H19NO4. The van der Waals surface area contributed by atoms with Gasteiger partial charge in [0.05, 0.1) is 12.7 Å². The molecule has 0 bridgehead atoms. The van der Waals surface area contributed by atoms with E-state index in [4.69, 9.17) is 9.47 Å². The summed E-state index contributed by atoms with van der Waals surface area (Å²) in [5.41, 5.74) is 2.26. The molecule has 5 nitrogen and oxygen atoms in total. The van der Waals surface area contributed by atoms with E-state index in [0.717, 1.165) is 10.9 Å². The number of ketones is 1. The SMILES string of the molecule is COc1cccc(C(=O)OC(C(=O)c2c[nH]c3ccccc23)c2ccccc2)c1. The van der Waals surface area contributed by atoms with Crippen LogP contribution >= 0.6 is 0 Å². The molecule has 0 saturated carbocycles. The van der Waals surface area contributed by atoms with E-state index in [2.05, 4.69) is 4.98 Å². The second-order valence-electron chi connectivity index (χ2n) is 6.54. The van der Waals surface area contributed by atoms with Crippen molar-refractivity contribution in [3.63, 3.8) is 0 Å². The van der Waals surface area contributed by atoms with Gasteiger partial charge in [-0.05, 0) is 24.3 Å². The van der Waals surface area contributed by atoms with Crippen molar-refractivity contribution in [3.05, 3.63) is 102 Å². The summed E-state index contributed by atoms with van der Waals surface area (Å²) in [5.74, 6) is -0.338. The second-order valence-corrected chi connectivity index (χ2v) is 6.54. The number of methoxy groups -OCH3 is 1. The highest BCUT2D eigenvalue weighted by molar-refractivity contribution is 6.11. The van der Waals surface area contributed by atoms with Crippen LogP contribution in [0.3, 0.4) is 0 Å². The molecule has 4 aromatic rings. The van der Waals surface area contributed by atoms with Crippen LogP contribution in [0.5, 0.6) is 5.75 Å². The predicted molar refractivity (Wildman–Crippen MR) is 110 cm³/mol. The molecule has 144 valence electrons. The van der Waals surface area contributed by atoms with Crippen molar-refractivity contribution >= 4 is 22.7 Å². The number of Topliss-reactive ketones (excluding diaryl/α,β-unsaturated/α-hetero) is 1. The van der Waals surface area contributed by atoms with Crippen molar-refractivity contribution < 1.29 is 19.1 Å². The number of benzene rings is 3. The Balaban J connectivity index is 1.70.